The van der Waals surface area contributed by atoms with Crippen molar-refractivity contribution in [2.24, 2.45) is 13.0 Å². The molecule has 0 radical (unpaired) electrons. The highest BCUT2D eigenvalue weighted by Crippen LogP contribution is 2.71. The van der Waals surface area contributed by atoms with Gasteiger partial charge in [0.05, 0.1) is 18.0 Å². The first kappa shape index (κ1) is 23.1. The Morgan fingerprint density at radius 2 is 1.94 bits per heavy atom. The van der Waals surface area contributed by atoms with E-state index in [2.05, 4.69) is 0 Å². The predicted octanol–water partition coefficient (Wildman–Crippen LogP) is 4.29. The Morgan fingerprint density at radius 3 is 2.64 bits per heavy atom. The summed E-state index contributed by atoms with van der Waals surface area (Å²) < 4.78 is 82.2. The highest BCUT2D eigenvalue weighted by Gasteiger charge is 2.82. The van der Waals surface area contributed by atoms with Gasteiger partial charge >= 0.3 is 12.1 Å². The van der Waals surface area contributed by atoms with Gasteiger partial charge in [0.25, 0.3) is 11.5 Å². The quantitative estimate of drug-likeness (QED) is 0.296. The molecule has 0 N–H and O–H groups in total. The Kier molecular flexibility index (Phi) is 4.45. The van der Waals surface area contributed by atoms with E-state index in [0.29, 0.717) is 12.1 Å². The minimum atomic E-state index is -5.17. The molecule has 1 aromatic carbocycles. The second-order valence-corrected chi connectivity index (χ2v) is 10.4. The van der Waals surface area contributed by atoms with Gasteiger partial charge in [0.15, 0.2) is 17.6 Å². The van der Waals surface area contributed by atoms with E-state index in [4.69, 9.17) is 4.74 Å². The molecule has 3 aromatic rings. The fourth-order valence-electron chi connectivity index (χ4n) is 6.88. The smallest absolute Gasteiger partial charge is 0.422 e. The normalized spacial score (nSPS) is 28.1. The number of carbonyl (C=O) groups excluding carboxylic acids is 1. The number of fused-ring (bicyclic) bond motifs is 7. The molecule has 6 rings (SSSR count). The van der Waals surface area contributed by atoms with Gasteiger partial charge in [-0.05, 0) is 24.6 Å². The number of rotatable bonds is 2. The summed E-state index contributed by atoms with van der Waals surface area (Å²) in [6.07, 6.45) is -1.24. The lowest BCUT2D eigenvalue weighted by molar-refractivity contribution is -0.734. The number of imidazole rings is 1. The number of alkyl halides is 3. The molecule has 4 atom stereocenters. The summed E-state index contributed by atoms with van der Waals surface area (Å²) in [4.78, 5) is 12.4. The standard InChI is InChI=1S/C26H24F5N3O2/c1-13-32(4)11-18-23(35)36-12-14(34(13)18)9-19-24(2)15-10-16(27)21(26(29,30)31)22(28)20(15)17-7-5-6-8-33(17)25(19,24)3/h5-8,10-11,14,19H,9,12H2,1-4H3/q+2. The molecule has 0 amide bonds. The minimum Gasteiger partial charge on any atom is -0.455 e. The number of halogens is 5. The number of carbonyl (C=O) groups is 1. The lowest BCUT2D eigenvalue weighted by Gasteiger charge is -2.26. The van der Waals surface area contributed by atoms with E-state index in [0.717, 1.165) is 11.9 Å². The molecule has 1 aliphatic carbocycles. The molecule has 4 unspecified atom stereocenters. The number of pyridine rings is 1. The number of ether oxygens (including phenoxy) is 1. The Morgan fingerprint density at radius 1 is 1.22 bits per heavy atom. The molecule has 0 spiro atoms. The molecule has 2 aliphatic heterocycles. The maximum atomic E-state index is 15.5. The van der Waals surface area contributed by atoms with Crippen molar-refractivity contribution in [2.45, 2.75) is 50.4 Å². The average Bonchev–Trinajstić information content (AvgIpc) is 3.12. The zero-order valence-corrected chi connectivity index (χ0v) is 20.1. The highest BCUT2D eigenvalue weighted by atomic mass is 19.4. The molecular formula is C26H24F5N3O2+2. The molecule has 3 aliphatic rings. The van der Waals surface area contributed by atoms with Gasteiger partial charge < -0.3 is 4.74 Å². The highest BCUT2D eigenvalue weighted by molar-refractivity contribution is 5.87. The van der Waals surface area contributed by atoms with Gasteiger partial charge in [0, 0.05) is 38.3 Å². The van der Waals surface area contributed by atoms with Crippen molar-refractivity contribution in [2.75, 3.05) is 6.61 Å². The third-order valence-electron chi connectivity index (χ3n) is 8.94. The first-order valence-corrected chi connectivity index (χ1v) is 11.7. The molecule has 5 nitrogen and oxygen atoms in total. The summed E-state index contributed by atoms with van der Waals surface area (Å²) in [5.74, 6) is -2.97. The van der Waals surface area contributed by atoms with Crippen molar-refractivity contribution in [3.8, 4) is 11.3 Å². The van der Waals surface area contributed by atoms with Gasteiger partial charge in [-0.3, -0.25) is 0 Å². The third kappa shape index (κ3) is 2.62. The lowest BCUT2D eigenvalue weighted by atomic mass is 9.82. The van der Waals surface area contributed by atoms with Gasteiger partial charge in [0.1, 0.15) is 30.2 Å². The van der Waals surface area contributed by atoms with Gasteiger partial charge in [-0.1, -0.05) is 0 Å². The van der Waals surface area contributed by atoms with Crippen molar-refractivity contribution in [1.82, 2.24) is 4.57 Å². The van der Waals surface area contributed by atoms with Crippen LogP contribution < -0.4 is 9.13 Å². The molecule has 1 fully saturated rings. The number of hydrogen-bond donors (Lipinski definition) is 0. The van der Waals surface area contributed by atoms with Crippen molar-refractivity contribution >= 4 is 5.97 Å². The lowest BCUT2D eigenvalue weighted by Crippen LogP contribution is -2.53. The zero-order chi connectivity index (χ0) is 25.9. The maximum absolute atomic E-state index is 15.5. The summed E-state index contributed by atoms with van der Waals surface area (Å²) >= 11 is 0. The maximum Gasteiger partial charge on any atom is 0.422 e. The van der Waals surface area contributed by atoms with E-state index >= 15 is 4.39 Å². The van der Waals surface area contributed by atoms with Crippen molar-refractivity contribution in [1.29, 1.82) is 0 Å². The van der Waals surface area contributed by atoms with Crippen molar-refractivity contribution < 1.29 is 40.6 Å². The Labute approximate surface area is 203 Å². The molecule has 2 aromatic heterocycles. The number of aromatic nitrogens is 3. The predicted molar refractivity (Wildman–Crippen MR) is 116 cm³/mol. The van der Waals surface area contributed by atoms with E-state index in [-0.39, 0.29) is 35.4 Å². The molecule has 0 saturated heterocycles. The van der Waals surface area contributed by atoms with E-state index < -0.39 is 40.3 Å². The summed E-state index contributed by atoms with van der Waals surface area (Å²) in [5, 5.41) is 0. The van der Waals surface area contributed by atoms with Crippen molar-refractivity contribution in [3.63, 3.8) is 0 Å². The summed E-state index contributed by atoms with van der Waals surface area (Å²) in [6.45, 7) is 5.85. The first-order chi connectivity index (χ1) is 16.8. The number of cyclic esters (lactones) is 1. The third-order valence-corrected chi connectivity index (χ3v) is 8.94. The number of nitrogens with zero attached hydrogens (tertiary/aromatic N) is 3. The fourth-order valence-corrected chi connectivity index (χ4v) is 6.88. The molecule has 36 heavy (non-hydrogen) atoms. The van der Waals surface area contributed by atoms with Crippen LogP contribution >= 0.6 is 0 Å². The van der Waals surface area contributed by atoms with Crippen LogP contribution in [0.15, 0.2) is 36.7 Å². The monoisotopic (exact) mass is 505 g/mol. The van der Waals surface area contributed by atoms with Gasteiger partial charge in [-0.2, -0.15) is 17.7 Å². The van der Waals surface area contributed by atoms with Crippen LogP contribution in [0.4, 0.5) is 22.0 Å². The van der Waals surface area contributed by atoms with Gasteiger partial charge in [0.2, 0.25) is 5.69 Å². The number of aryl methyl sites for hydroxylation is 1. The van der Waals surface area contributed by atoms with Crippen LogP contribution in [0.2, 0.25) is 0 Å². The zero-order valence-electron chi connectivity index (χ0n) is 20.1. The Balaban J connectivity index is 1.53. The van der Waals surface area contributed by atoms with Crippen LogP contribution in [0, 0.1) is 24.5 Å². The van der Waals surface area contributed by atoms with E-state index in [1.165, 1.54) is 0 Å². The number of benzene rings is 1. The minimum absolute atomic E-state index is 0.138. The number of hydrogen-bond acceptors (Lipinski definition) is 2. The second kappa shape index (κ2) is 6.92. The summed E-state index contributed by atoms with van der Waals surface area (Å²) in [7, 11) is 1.83. The topological polar surface area (TPSA) is 39.0 Å². The summed E-state index contributed by atoms with van der Waals surface area (Å²) in [5.41, 5.74) is -2.67. The van der Waals surface area contributed by atoms with E-state index in [1.54, 1.807) is 30.6 Å². The van der Waals surface area contributed by atoms with Crippen LogP contribution in [0.25, 0.3) is 11.3 Å². The van der Waals surface area contributed by atoms with Crippen LogP contribution in [-0.2, 0) is 28.9 Å². The molecule has 0 bridgehead atoms. The van der Waals surface area contributed by atoms with Crippen LogP contribution in [0.3, 0.4) is 0 Å². The number of esters is 1. The average molecular weight is 505 g/mol. The molecule has 4 heterocycles. The Bertz CT molecular complexity index is 1480. The molecule has 10 heteroatoms. The van der Waals surface area contributed by atoms with Crippen LogP contribution in [-0.4, -0.2) is 17.1 Å². The van der Waals surface area contributed by atoms with Crippen LogP contribution in [0.5, 0.6) is 0 Å². The Hall–Kier alpha value is -3.30. The fraction of sp³-hybridized carbons (Fsp3) is 0.423. The molecule has 188 valence electrons. The molecular weight excluding hydrogens is 481 g/mol. The molecule has 1 saturated carbocycles. The van der Waals surface area contributed by atoms with E-state index in [9.17, 15) is 22.4 Å². The first-order valence-electron chi connectivity index (χ1n) is 11.7. The van der Waals surface area contributed by atoms with Crippen molar-refractivity contribution in [3.05, 3.63) is 70.9 Å². The van der Waals surface area contributed by atoms with Crippen LogP contribution in [0.1, 0.15) is 53.7 Å². The van der Waals surface area contributed by atoms with Gasteiger partial charge in [-0.25, -0.2) is 22.7 Å². The largest absolute Gasteiger partial charge is 0.455 e. The SMILES string of the molecule is Cc1n2c(c[n+]1C)C(=O)OCC2CC1C2(C)c3cc(F)c(C(F)(F)F)c(F)c3-c3cccc[n+]3C12C. The summed E-state index contributed by atoms with van der Waals surface area (Å²) in [6, 6.07) is 5.58. The van der Waals surface area contributed by atoms with E-state index in [1.807, 2.05) is 41.5 Å². The van der Waals surface area contributed by atoms with Gasteiger partial charge in [-0.15, -0.1) is 0 Å². The second-order valence-electron chi connectivity index (χ2n) is 10.4.